The lowest BCUT2D eigenvalue weighted by atomic mass is 10.1. The number of hydrogen-bond donors (Lipinski definition) is 1. The van der Waals surface area contributed by atoms with Gasteiger partial charge in [0.25, 0.3) is 11.8 Å². The lowest BCUT2D eigenvalue weighted by molar-refractivity contribution is 0.0990. The van der Waals surface area contributed by atoms with Crippen LogP contribution >= 0.6 is 27.3 Å². The average molecular weight is 430 g/mol. The van der Waals surface area contributed by atoms with Gasteiger partial charge in [0.2, 0.25) is 0 Å². The normalized spacial score (nSPS) is 10.4. The number of halogens is 1. The molecule has 1 heterocycles. The zero-order valence-electron chi connectivity index (χ0n) is 14.2. The molecule has 5 nitrogen and oxygen atoms in total. The van der Waals surface area contributed by atoms with Crippen molar-refractivity contribution in [2.45, 2.75) is 6.92 Å². The number of benzene rings is 2. The van der Waals surface area contributed by atoms with Crippen LogP contribution in [0.3, 0.4) is 0 Å². The van der Waals surface area contributed by atoms with E-state index >= 15 is 0 Å². The molecule has 0 spiro atoms. The average Bonchev–Trinajstić information content (AvgIpc) is 3.17. The topological polar surface area (TPSA) is 62.3 Å². The summed E-state index contributed by atoms with van der Waals surface area (Å²) in [6.07, 6.45) is 1.66. The molecule has 0 aliphatic heterocycles. The van der Waals surface area contributed by atoms with E-state index in [2.05, 4.69) is 26.2 Å². The van der Waals surface area contributed by atoms with Crippen LogP contribution in [-0.4, -0.2) is 23.8 Å². The standard InChI is InChI=1S/C19H16BrN3O2S/c1-12-3-4-14(18(25)23(2)19-21-9-10-26-19)11-16(12)22-17(24)13-5-7-15(20)8-6-13/h3-11H,1-2H3,(H,22,24). The van der Waals surface area contributed by atoms with Crippen molar-refractivity contribution in [2.75, 3.05) is 17.3 Å². The van der Waals surface area contributed by atoms with Gasteiger partial charge >= 0.3 is 0 Å². The second-order valence-corrected chi connectivity index (χ2v) is 7.46. The first-order valence-electron chi connectivity index (χ1n) is 7.81. The summed E-state index contributed by atoms with van der Waals surface area (Å²) in [5, 5.41) is 5.32. The van der Waals surface area contributed by atoms with E-state index < -0.39 is 0 Å². The van der Waals surface area contributed by atoms with E-state index in [4.69, 9.17) is 0 Å². The van der Waals surface area contributed by atoms with Crippen LogP contribution in [0.25, 0.3) is 0 Å². The van der Waals surface area contributed by atoms with E-state index in [1.165, 1.54) is 16.2 Å². The maximum absolute atomic E-state index is 12.7. The van der Waals surface area contributed by atoms with Gasteiger partial charge in [-0.15, -0.1) is 11.3 Å². The number of thiazole rings is 1. The van der Waals surface area contributed by atoms with Crippen molar-refractivity contribution in [3.63, 3.8) is 0 Å². The van der Waals surface area contributed by atoms with Gasteiger partial charge in [0.15, 0.2) is 5.13 Å². The van der Waals surface area contributed by atoms with Crippen LogP contribution in [0.5, 0.6) is 0 Å². The minimum absolute atomic E-state index is 0.181. The van der Waals surface area contributed by atoms with Gasteiger partial charge in [0.05, 0.1) is 0 Å². The highest BCUT2D eigenvalue weighted by Gasteiger charge is 2.17. The van der Waals surface area contributed by atoms with Gasteiger partial charge in [0.1, 0.15) is 0 Å². The number of nitrogens with one attached hydrogen (secondary N) is 1. The van der Waals surface area contributed by atoms with Gasteiger partial charge in [-0.25, -0.2) is 4.98 Å². The first-order chi connectivity index (χ1) is 12.5. The van der Waals surface area contributed by atoms with Gasteiger partial charge in [-0.05, 0) is 48.9 Å². The molecule has 0 saturated carbocycles. The maximum atomic E-state index is 12.7. The second-order valence-electron chi connectivity index (χ2n) is 5.67. The fourth-order valence-electron chi connectivity index (χ4n) is 2.35. The summed E-state index contributed by atoms with van der Waals surface area (Å²) < 4.78 is 0.906. The minimum atomic E-state index is -0.224. The van der Waals surface area contributed by atoms with E-state index in [9.17, 15) is 9.59 Å². The van der Waals surface area contributed by atoms with Crippen molar-refractivity contribution in [2.24, 2.45) is 0 Å². The number of carbonyl (C=O) groups excluding carboxylic acids is 2. The van der Waals surface area contributed by atoms with Gasteiger partial charge in [-0.1, -0.05) is 22.0 Å². The molecule has 1 aromatic heterocycles. The molecule has 0 bridgehead atoms. The summed E-state index contributed by atoms with van der Waals surface area (Å²) in [6, 6.07) is 12.4. The lowest BCUT2D eigenvalue weighted by Crippen LogP contribution is -2.26. The number of hydrogen-bond acceptors (Lipinski definition) is 4. The summed E-state index contributed by atoms with van der Waals surface area (Å²) in [6.45, 7) is 1.88. The Bertz CT molecular complexity index is 940. The predicted octanol–water partition coefficient (Wildman–Crippen LogP) is 4.74. The third-order valence-electron chi connectivity index (χ3n) is 3.85. The summed E-state index contributed by atoms with van der Waals surface area (Å²) in [5.74, 6) is -0.405. The monoisotopic (exact) mass is 429 g/mol. The number of aromatic nitrogens is 1. The molecular formula is C19H16BrN3O2S. The summed E-state index contributed by atoms with van der Waals surface area (Å²) >= 11 is 4.74. The first-order valence-corrected chi connectivity index (χ1v) is 9.48. The van der Waals surface area contributed by atoms with Crippen LogP contribution in [0.15, 0.2) is 58.5 Å². The van der Waals surface area contributed by atoms with Crippen LogP contribution in [0.1, 0.15) is 26.3 Å². The minimum Gasteiger partial charge on any atom is -0.322 e. The molecule has 3 rings (SSSR count). The van der Waals surface area contributed by atoms with E-state index in [0.717, 1.165) is 10.0 Å². The number of rotatable bonds is 4. The number of aryl methyl sites for hydroxylation is 1. The molecule has 7 heteroatoms. The first kappa shape index (κ1) is 18.3. The number of anilines is 2. The Labute approximate surface area is 163 Å². The van der Waals surface area contributed by atoms with Crippen LogP contribution in [-0.2, 0) is 0 Å². The van der Waals surface area contributed by atoms with Crippen molar-refractivity contribution in [1.82, 2.24) is 4.98 Å². The van der Waals surface area contributed by atoms with Crippen molar-refractivity contribution in [1.29, 1.82) is 0 Å². The Morgan fingerprint density at radius 1 is 1.12 bits per heavy atom. The quantitative estimate of drug-likeness (QED) is 0.650. The largest absolute Gasteiger partial charge is 0.322 e. The van der Waals surface area contributed by atoms with E-state index in [1.54, 1.807) is 37.5 Å². The highest BCUT2D eigenvalue weighted by molar-refractivity contribution is 9.10. The van der Waals surface area contributed by atoms with Gasteiger partial charge < -0.3 is 5.32 Å². The summed E-state index contributed by atoms with van der Waals surface area (Å²) in [5.41, 5.74) is 2.52. The number of nitrogens with zero attached hydrogens (tertiary/aromatic N) is 2. The molecule has 0 radical (unpaired) electrons. The van der Waals surface area contributed by atoms with E-state index in [-0.39, 0.29) is 11.8 Å². The van der Waals surface area contributed by atoms with Crippen LogP contribution < -0.4 is 10.2 Å². The summed E-state index contributed by atoms with van der Waals surface area (Å²) in [4.78, 5) is 30.8. The fraction of sp³-hybridized carbons (Fsp3) is 0.105. The molecule has 0 aliphatic carbocycles. The molecule has 0 fully saturated rings. The molecular weight excluding hydrogens is 414 g/mol. The molecule has 26 heavy (non-hydrogen) atoms. The predicted molar refractivity (Wildman–Crippen MR) is 108 cm³/mol. The zero-order chi connectivity index (χ0) is 18.7. The third kappa shape index (κ3) is 4.00. The van der Waals surface area contributed by atoms with E-state index in [0.29, 0.717) is 21.9 Å². The second kappa shape index (κ2) is 7.80. The number of carbonyl (C=O) groups is 2. The SMILES string of the molecule is Cc1ccc(C(=O)N(C)c2nccs2)cc1NC(=O)c1ccc(Br)cc1. The van der Waals surface area contributed by atoms with E-state index in [1.807, 2.05) is 30.5 Å². The Morgan fingerprint density at radius 2 is 1.81 bits per heavy atom. The fourth-order valence-corrected chi connectivity index (χ4v) is 3.22. The Hall–Kier alpha value is -2.51. The molecule has 0 atom stereocenters. The smallest absolute Gasteiger partial charge is 0.259 e. The Morgan fingerprint density at radius 3 is 2.46 bits per heavy atom. The molecule has 0 unspecified atom stereocenters. The molecule has 0 saturated heterocycles. The van der Waals surface area contributed by atoms with Crippen molar-refractivity contribution >= 4 is 49.9 Å². The van der Waals surface area contributed by atoms with Gasteiger partial charge in [0, 0.05) is 39.9 Å². The number of amides is 2. The van der Waals surface area contributed by atoms with Crippen molar-refractivity contribution < 1.29 is 9.59 Å². The van der Waals surface area contributed by atoms with Crippen LogP contribution in [0, 0.1) is 6.92 Å². The lowest BCUT2D eigenvalue weighted by Gasteiger charge is -2.15. The Balaban J connectivity index is 1.82. The molecule has 3 aromatic rings. The summed E-state index contributed by atoms with van der Waals surface area (Å²) in [7, 11) is 1.68. The highest BCUT2D eigenvalue weighted by atomic mass is 79.9. The van der Waals surface area contributed by atoms with Crippen LogP contribution in [0.2, 0.25) is 0 Å². The van der Waals surface area contributed by atoms with Gasteiger partial charge in [-0.3, -0.25) is 14.5 Å². The van der Waals surface area contributed by atoms with Crippen LogP contribution in [0.4, 0.5) is 10.8 Å². The molecule has 2 aromatic carbocycles. The highest BCUT2D eigenvalue weighted by Crippen LogP contribution is 2.22. The molecule has 132 valence electrons. The molecule has 2 amide bonds. The zero-order valence-corrected chi connectivity index (χ0v) is 16.6. The van der Waals surface area contributed by atoms with Crippen molar-refractivity contribution in [3.05, 3.63) is 75.2 Å². The Kier molecular flexibility index (Phi) is 5.49. The van der Waals surface area contributed by atoms with Crippen molar-refractivity contribution in [3.8, 4) is 0 Å². The molecule has 1 N–H and O–H groups in total. The maximum Gasteiger partial charge on any atom is 0.259 e. The molecule has 0 aliphatic rings. The third-order valence-corrected chi connectivity index (χ3v) is 5.23. The van der Waals surface area contributed by atoms with Gasteiger partial charge in [-0.2, -0.15) is 0 Å².